The van der Waals surface area contributed by atoms with Crippen LogP contribution in [0.5, 0.6) is 0 Å². The molecule has 0 aromatic heterocycles. The molecule has 0 bridgehead atoms. The summed E-state index contributed by atoms with van der Waals surface area (Å²) in [6.45, 7) is 4.43. The molecule has 0 aliphatic heterocycles. The summed E-state index contributed by atoms with van der Waals surface area (Å²) in [5.41, 5.74) is 2.14. The molecule has 2 aromatic rings. The van der Waals surface area contributed by atoms with Gasteiger partial charge in [-0.15, -0.1) is 0 Å². The van der Waals surface area contributed by atoms with Gasteiger partial charge in [0.05, 0.1) is 4.90 Å². The van der Waals surface area contributed by atoms with E-state index < -0.39 is 10.1 Å². The van der Waals surface area contributed by atoms with Crippen molar-refractivity contribution in [2.75, 3.05) is 0 Å². The van der Waals surface area contributed by atoms with Crippen molar-refractivity contribution in [3.63, 3.8) is 0 Å². The second-order valence-corrected chi connectivity index (χ2v) is 9.94. The Morgan fingerprint density at radius 3 is 1.84 bits per heavy atom. The quantitative estimate of drug-likeness (QED) is 0.225. The summed E-state index contributed by atoms with van der Waals surface area (Å²) < 4.78 is 35.9. The summed E-state index contributed by atoms with van der Waals surface area (Å²) >= 11 is 0. The molecule has 2 aromatic carbocycles. The van der Waals surface area contributed by atoms with Gasteiger partial charge in [0.15, 0.2) is 0 Å². The molecule has 0 atom stereocenters. The van der Waals surface area contributed by atoms with Crippen LogP contribution in [0, 0.1) is 0 Å². The maximum atomic E-state index is 12.0. The SMILES string of the molecule is CCCCCCCCc1cc(S(=O)(=O)[O-])c2cccc(CCCCCCCC)c2c1.[Na+]. The van der Waals surface area contributed by atoms with Gasteiger partial charge in [0.1, 0.15) is 10.1 Å². The van der Waals surface area contributed by atoms with Crippen molar-refractivity contribution in [3.05, 3.63) is 41.5 Å². The number of hydrogen-bond acceptors (Lipinski definition) is 3. The Kier molecular flexibility index (Phi) is 14.3. The van der Waals surface area contributed by atoms with Crippen molar-refractivity contribution >= 4 is 20.9 Å². The molecule has 31 heavy (non-hydrogen) atoms. The van der Waals surface area contributed by atoms with Gasteiger partial charge in [-0.2, -0.15) is 0 Å². The normalized spacial score (nSPS) is 11.6. The molecule has 0 saturated heterocycles. The molecule has 0 N–H and O–H groups in total. The van der Waals surface area contributed by atoms with E-state index in [1.54, 1.807) is 12.1 Å². The van der Waals surface area contributed by atoms with Crippen molar-refractivity contribution in [1.29, 1.82) is 0 Å². The maximum absolute atomic E-state index is 12.0. The third-order valence-electron chi connectivity index (χ3n) is 6.00. The molecule has 0 amide bonds. The molecule has 0 aliphatic rings. The van der Waals surface area contributed by atoms with Gasteiger partial charge >= 0.3 is 29.6 Å². The van der Waals surface area contributed by atoms with Crippen molar-refractivity contribution in [2.45, 2.75) is 109 Å². The second-order valence-electron chi connectivity index (χ2n) is 8.60. The standard InChI is InChI=1S/C26H40O3S.Na/c1-3-5-7-9-11-13-16-22-20-25-23(17-14-12-10-8-6-4-2)18-15-19-24(25)26(21-22)30(27,28)29;/h15,18-21H,3-14,16-17H2,1-2H3,(H,27,28,29);/q;+1/p-1. The monoisotopic (exact) mass is 454 g/mol. The van der Waals surface area contributed by atoms with Crippen LogP contribution in [0.25, 0.3) is 10.8 Å². The predicted octanol–water partition coefficient (Wildman–Crippen LogP) is 4.55. The molecule has 0 fully saturated rings. The van der Waals surface area contributed by atoms with Crippen LogP contribution in [-0.2, 0) is 23.0 Å². The first-order valence-electron chi connectivity index (χ1n) is 12.0. The van der Waals surface area contributed by atoms with Gasteiger partial charge in [0.25, 0.3) is 0 Å². The summed E-state index contributed by atoms with van der Waals surface area (Å²) in [6, 6.07) is 9.49. The van der Waals surface area contributed by atoms with E-state index in [0.29, 0.717) is 5.39 Å². The van der Waals surface area contributed by atoms with Crippen molar-refractivity contribution in [3.8, 4) is 0 Å². The molecule has 0 saturated carbocycles. The number of rotatable bonds is 15. The topological polar surface area (TPSA) is 57.2 Å². The molecule has 3 nitrogen and oxygen atoms in total. The van der Waals surface area contributed by atoms with Crippen LogP contribution >= 0.6 is 0 Å². The fourth-order valence-corrected chi connectivity index (χ4v) is 4.99. The van der Waals surface area contributed by atoms with Gasteiger partial charge < -0.3 is 4.55 Å². The first-order valence-corrected chi connectivity index (χ1v) is 13.4. The molecule has 0 aliphatic carbocycles. The van der Waals surface area contributed by atoms with Crippen molar-refractivity contribution < 1.29 is 42.5 Å². The molecule has 0 spiro atoms. The first-order chi connectivity index (χ1) is 14.5. The van der Waals surface area contributed by atoms with Gasteiger partial charge in [0, 0.05) is 0 Å². The number of aryl methyl sites for hydroxylation is 2. The van der Waals surface area contributed by atoms with Gasteiger partial charge in [-0.05, 0) is 53.6 Å². The Bertz CT molecular complexity index is 878. The smallest absolute Gasteiger partial charge is 0.744 e. The molecule has 2 rings (SSSR count). The van der Waals surface area contributed by atoms with Gasteiger partial charge in [-0.1, -0.05) is 102 Å². The number of fused-ring (bicyclic) bond motifs is 1. The van der Waals surface area contributed by atoms with Crippen LogP contribution in [0.4, 0.5) is 0 Å². The largest absolute Gasteiger partial charge is 1.00 e. The van der Waals surface area contributed by atoms with E-state index in [0.717, 1.165) is 48.6 Å². The van der Waals surface area contributed by atoms with Gasteiger partial charge in [0.2, 0.25) is 0 Å². The zero-order valence-corrected chi connectivity index (χ0v) is 22.7. The van der Waals surface area contributed by atoms with Crippen LogP contribution in [-0.4, -0.2) is 13.0 Å². The van der Waals surface area contributed by atoms with Gasteiger partial charge in [-0.3, -0.25) is 0 Å². The van der Waals surface area contributed by atoms with Crippen molar-refractivity contribution in [1.82, 2.24) is 0 Å². The minimum atomic E-state index is -4.50. The average Bonchev–Trinajstić information content (AvgIpc) is 2.72. The van der Waals surface area contributed by atoms with E-state index in [9.17, 15) is 13.0 Å². The number of benzene rings is 2. The van der Waals surface area contributed by atoms with E-state index in [4.69, 9.17) is 0 Å². The van der Waals surface area contributed by atoms with E-state index in [2.05, 4.69) is 26.0 Å². The number of hydrogen-bond donors (Lipinski definition) is 0. The Balaban J connectivity index is 0.00000480. The van der Waals surface area contributed by atoms with E-state index in [-0.39, 0.29) is 34.5 Å². The minimum Gasteiger partial charge on any atom is -0.744 e. The van der Waals surface area contributed by atoms with Crippen LogP contribution in [0.2, 0.25) is 0 Å². The maximum Gasteiger partial charge on any atom is 1.00 e. The second kappa shape index (κ2) is 15.4. The summed E-state index contributed by atoms with van der Waals surface area (Å²) in [4.78, 5) is -0.0502. The fourth-order valence-electron chi connectivity index (χ4n) is 4.25. The first kappa shape index (κ1) is 28.6. The molecular formula is C26H39NaO3S. The minimum absolute atomic E-state index is 0. The predicted molar refractivity (Wildman–Crippen MR) is 126 cm³/mol. The van der Waals surface area contributed by atoms with Crippen LogP contribution < -0.4 is 29.6 Å². The molecule has 5 heteroatoms. The molecular weight excluding hydrogens is 415 g/mol. The van der Waals surface area contributed by atoms with Crippen LogP contribution in [0.3, 0.4) is 0 Å². The van der Waals surface area contributed by atoms with E-state index in [1.165, 1.54) is 57.8 Å². The van der Waals surface area contributed by atoms with Crippen LogP contribution in [0.15, 0.2) is 35.2 Å². The molecule has 0 radical (unpaired) electrons. The summed E-state index contributed by atoms with van der Waals surface area (Å²) in [6.07, 6.45) is 16.3. The molecule has 168 valence electrons. The Morgan fingerprint density at radius 1 is 0.710 bits per heavy atom. The third kappa shape index (κ3) is 9.96. The Labute approximate surface area is 212 Å². The summed E-state index contributed by atoms with van der Waals surface area (Å²) in [5, 5.41) is 1.53. The summed E-state index contributed by atoms with van der Waals surface area (Å²) in [7, 11) is -4.50. The fraction of sp³-hybridized carbons (Fsp3) is 0.615. The van der Waals surface area contributed by atoms with Gasteiger partial charge in [-0.25, -0.2) is 8.42 Å². The average molecular weight is 455 g/mol. The Hall–Kier alpha value is -0.390. The zero-order valence-electron chi connectivity index (χ0n) is 19.9. The van der Waals surface area contributed by atoms with E-state index >= 15 is 0 Å². The molecule has 0 unspecified atom stereocenters. The Morgan fingerprint density at radius 2 is 1.26 bits per heavy atom. The molecule has 0 heterocycles. The zero-order chi connectivity index (χ0) is 21.8. The third-order valence-corrected chi connectivity index (χ3v) is 6.87. The van der Waals surface area contributed by atoms with E-state index in [1.807, 2.05) is 6.07 Å². The number of unbranched alkanes of at least 4 members (excludes halogenated alkanes) is 10. The van der Waals surface area contributed by atoms with Crippen LogP contribution in [0.1, 0.15) is 102 Å². The summed E-state index contributed by atoms with van der Waals surface area (Å²) in [5.74, 6) is 0. The van der Waals surface area contributed by atoms with Crippen molar-refractivity contribution in [2.24, 2.45) is 0 Å².